The second-order valence-corrected chi connectivity index (χ2v) is 47.0. The average Bonchev–Trinajstić information content (AvgIpc) is 1.54. The van der Waals surface area contributed by atoms with Crippen molar-refractivity contribution in [3.05, 3.63) is 485 Å². The van der Waals surface area contributed by atoms with Crippen LogP contribution in [0.15, 0.2) is 437 Å². The van der Waals surface area contributed by atoms with E-state index in [0.29, 0.717) is 0 Å². The topological polar surface area (TPSA) is 0 Å². The van der Waals surface area contributed by atoms with Gasteiger partial charge in [-0.15, -0.1) is 70.8 Å². The molecule has 0 nitrogen and oxygen atoms in total. The van der Waals surface area contributed by atoms with Gasteiger partial charge in [0.1, 0.15) is 12.3 Å². The molecule has 0 unspecified atom stereocenters. The van der Waals surface area contributed by atoms with Gasteiger partial charge in [0.2, 0.25) is 0 Å². The molecule has 10 heteroatoms. The van der Waals surface area contributed by atoms with Gasteiger partial charge in [0.15, 0.2) is 16.1 Å². The molecule has 0 fully saturated rings. The molecule has 18 rings (SSSR count). The SMILES string of the molecule is [Au+].[Au+].[Au+].[Au+].[C-]#Cc1ccc2c(c1)[Si](c1ccccc1)(c1ccccc1)c1cc(C#[C-])ccc1-2.[C-]#Cc1ccc2c(c1)[Si](c1ccccc1)(c1ccccc1)c1cc(C#[C-])ccc1-2.c1ccc([PH+](CCCC[PH+](c2ccccc2)c2ccccc2)c2ccccc2)cc1.c1ccc([PH+](CC[PH+](c2ccccc2)c2ccccc2)c2ccccc2)cc1. The Balaban J connectivity index is 0.000000155. The molecule has 16 aromatic rings. The summed E-state index contributed by atoms with van der Waals surface area (Å²) < 4.78 is 0. The van der Waals surface area contributed by atoms with Gasteiger partial charge in [0.25, 0.3) is 0 Å². The molecular weight excluding hydrogens is 2290 g/mol. The molecule has 0 saturated carbocycles. The summed E-state index contributed by atoms with van der Waals surface area (Å²) in [5.41, 5.74) is 8.03. The summed E-state index contributed by atoms with van der Waals surface area (Å²) in [6.07, 6.45) is 38.5. The third kappa shape index (κ3) is 20.8. The first kappa shape index (κ1) is 91.6. The summed E-state index contributed by atoms with van der Waals surface area (Å²) in [6, 6.07) is 157. The Labute approximate surface area is 781 Å². The molecular formula is C110H88Au4P4Si2+4. The fraction of sp³-hybridized carbons (Fsp3) is 0.0545. The van der Waals surface area contributed by atoms with Gasteiger partial charge in [0.05, 0.1) is 86.4 Å². The van der Waals surface area contributed by atoms with Crippen LogP contribution < -0.4 is 83.9 Å². The molecule has 0 N–H and O–H groups in total. The zero-order valence-electron chi connectivity index (χ0n) is 66.0. The molecule has 2 aliphatic heterocycles. The monoisotopic (exact) mass is 2380 g/mol. The molecule has 0 radical (unpaired) electrons. The van der Waals surface area contributed by atoms with Crippen LogP contribution in [-0.4, -0.2) is 40.8 Å². The predicted molar refractivity (Wildman–Crippen MR) is 514 cm³/mol. The van der Waals surface area contributed by atoms with E-state index in [1.54, 1.807) is 0 Å². The van der Waals surface area contributed by atoms with Crippen LogP contribution in [0.4, 0.5) is 0 Å². The maximum absolute atomic E-state index is 7.70. The van der Waals surface area contributed by atoms with Crippen molar-refractivity contribution in [1.29, 1.82) is 0 Å². The number of fused-ring (bicyclic) bond motifs is 6. The second kappa shape index (κ2) is 45.7. The van der Waals surface area contributed by atoms with Crippen LogP contribution in [0.3, 0.4) is 0 Å². The number of unbranched alkanes of at least 4 members (excludes halogenated alkanes) is 1. The van der Waals surface area contributed by atoms with Crippen LogP contribution in [0.25, 0.3) is 22.3 Å². The van der Waals surface area contributed by atoms with Crippen molar-refractivity contribution >= 4 is 132 Å². The Kier molecular flexibility index (Phi) is 34.9. The Morgan fingerprint density at radius 2 is 0.333 bits per heavy atom. The fourth-order valence-corrected chi connectivity index (χ4v) is 39.2. The van der Waals surface area contributed by atoms with E-state index < -0.39 is 47.8 Å². The maximum Gasteiger partial charge on any atom is 1.00 e. The maximum atomic E-state index is 7.70. The Morgan fingerprint density at radius 3 is 0.492 bits per heavy atom. The van der Waals surface area contributed by atoms with Crippen molar-refractivity contribution in [2.45, 2.75) is 12.8 Å². The van der Waals surface area contributed by atoms with Crippen molar-refractivity contribution in [1.82, 2.24) is 0 Å². The fourth-order valence-electron chi connectivity index (χ4n) is 17.1. The zero-order valence-corrected chi connectivity index (χ0v) is 80.7. The number of benzene rings is 16. The summed E-state index contributed by atoms with van der Waals surface area (Å²) in [6.45, 7) is 0. The van der Waals surface area contributed by atoms with Crippen molar-refractivity contribution in [3.63, 3.8) is 0 Å². The predicted octanol–water partition coefficient (Wildman–Crippen LogP) is 16.0. The molecule has 0 aliphatic carbocycles. The molecule has 2 aliphatic rings. The van der Waals surface area contributed by atoms with E-state index in [9.17, 15) is 0 Å². The van der Waals surface area contributed by atoms with Crippen molar-refractivity contribution in [2.75, 3.05) is 24.6 Å². The smallest absolute Gasteiger partial charge is 0.366 e. The summed E-state index contributed by atoms with van der Waals surface area (Å²) >= 11 is 0. The van der Waals surface area contributed by atoms with Gasteiger partial charge in [-0.1, -0.05) is 312 Å². The molecule has 2 heterocycles. The third-order valence-electron chi connectivity index (χ3n) is 22.4. The van der Waals surface area contributed by atoms with Crippen molar-refractivity contribution in [2.24, 2.45) is 0 Å². The van der Waals surface area contributed by atoms with Crippen LogP contribution in [0.2, 0.25) is 0 Å². The first-order chi connectivity index (χ1) is 57.4. The van der Waals surface area contributed by atoms with Crippen molar-refractivity contribution in [3.8, 4) is 45.9 Å². The molecule has 0 spiro atoms. The minimum absolute atomic E-state index is 0. The molecule has 16 aromatic carbocycles. The van der Waals surface area contributed by atoms with Crippen LogP contribution >= 0.6 is 31.7 Å². The van der Waals surface area contributed by atoms with Crippen LogP contribution in [-0.2, 0) is 89.5 Å². The number of hydrogen-bond acceptors (Lipinski definition) is 0. The van der Waals surface area contributed by atoms with E-state index >= 15 is 0 Å². The summed E-state index contributed by atoms with van der Waals surface area (Å²) in [5, 5.41) is 22.5. The molecule has 0 amide bonds. The molecule has 0 bridgehead atoms. The van der Waals surface area contributed by atoms with Gasteiger partial charge in [-0.25, -0.2) is 0 Å². The van der Waals surface area contributed by atoms with Gasteiger partial charge in [0, 0.05) is 0 Å². The molecule has 0 atom stereocenters. The van der Waals surface area contributed by atoms with Crippen molar-refractivity contribution < 1.29 is 89.5 Å². The number of hydrogen-bond donors (Lipinski definition) is 0. The normalized spacial score (nSPS) is 11.7. The molecule has 596 valence electrons. The molecule has 120 heavy (non-hydrogen) atoms. The largest absolute Gasteiger partial charge is 1.00 e. The minimum Gasteiger partial charge on any atom is -0.366 e. The quantitative estimate of drug-likeness (QED) is 0.0235. The first-order valence-corrected chi connectivity index (χ1v) is 50.6. The number of rotatable bonds is 20. The van der Waals surface area contributed by atoms with Gasteiger partial charge < -0.3 is 25.7 Å². The van der Waals surface area contributed by atoms with E-state index in [1.165, 1.54) is 144 Å². The summed E-state index contributed by atoms with van der Waals surface area (Å²) in [4.78, 5) is 0. The van der Waals surface area contributed by atoms with E-state index in [4.69, 9.17) is 25.7 Å². The Bertz CT molecular complexity index is 5340. The molecule has 0 aromatic heterocycles. The van der Waals surface area contributed by atoms with Gasteiger partial charge in [-0.3, -0.25) is 23.7 Å². The summed E-state index contributed by atoms with van der Waals surface area (Å²) in [7, 11) is -8.13. The Morgan fingerprint density at radius 1 is 0.183 bits per heavy atom. The average molecular weight is 2380 g/mol. The standard InChI is InChI=1S/C28H28P2.2C28H16Si.C26H24P2.4Au/c1-5-15-25(16-6-1)29(26-17-7-2-8-18-26)23-13-14-24-30(27-19-9-3-10-20-27)28-21-11-4-12-22-28;2*1-3-21-15-17-25-26-18-16-22(4-2)20-28(26)29(27(25)19-21,23-11-7-5-8-12-23)24-13-9-6-10-14-24;1-5-13-23(14-6-1)27(24-15-7-2-8-16-24)21-22-28(25-17-9-3-10-18-25)26-19-11-4-12-20-26;;;;/h1-12,15-22H,13-14,23-24H2;2*5-20H;1-20H,21-22H2;;;;/q;2*-2;;4*+1/p+4. The van der Waals surface area contributed by atoms with Gasteiger partial charge in [-0.2, -0.15) is 0 Å². The minimum atomic E-state index is -2.57. The van der Waals surface area contributed by atoms with Gasteiger partial charge in [-0.05, 0) is 153 Å². The van der Waals surface area contributed by atoms with Crippen LogP contribution in [0.5, 0.6) is 0 Å². The zero-order chi connectivity index (χ0) is 79.1. The van der Waals surface area contributed by atoms with E-state index in [-0.39, 0.29) is 89.5 Å². The van der Waals surface area contributed by atoms with Crippen LogP contribution in [0.1, 0.15) is 35.1 Å². The van der Waals surface area contributed by atoms with Gasteiger partial charge >= 0.3 is 89.5 Å². The Hall–Kier alpha value is -9.13. The molecule has 0 saturated heterocycles. The summed E-state index contributed by atoms with van der Waals surface area (Å²) in [5.74, 6) is 10.3. The van der Waals surface area contributed by atoms with E-state index in [2.05, 4.69) is 436 Å². The van der Waals surface area contributed by atoms with Crippen LogP contribution in [0, 0.1) is 49.4 Å². The van der Waals surface area contributed by atoms with E-state index in [1.807, 2.05) is 24.3 Å². The second-order valence-electron chi connectivity index (χ2n) is 29.1. The third-order valence-corrected chi connectivity index (χ3v) is 44.0. The van der Waals surface area contributed by atoms with E-state index in [0.717, 1.165) is 22.3 Å². The first-order valence-electron chi connectivity index (χ1n) is 39.8.